The van der Waals surface area contributed by atoms with Gasteiger partial charge in [0.25, 0.3) is 0 Å². The van der Waals surface area contributed by atoms with Crippen LogP contribution in [0.5, 0.6) is 0 Å². The van der Waals surface area contributed by atoms with Crippen molar-refractivity contribution >= 4 is 15.8 Å². The molecule has 1 aliphatic rings. The van der Waals surface area contributed by atoms with Gasteiger partial charge in [-0.3, -0.25) is 0 Å². The van der Waals surface area contributed by atoms with Gasteiger partial charge in [0.2, 0.25) is 10.0 Å². The molecule has 7 nitrogen and oxygen atoms in total. The van der Waals surface area contributed by atoms with Crippen molar-refractivity contribution in [3.05, 3.63) is 18.3 Å². The molecule has 112 valence electrons. The van der Waals surface area contributed by atoms with E-state index >= 15 is 0 Å². The number of hydrazine groups is 1. The smallest absolute Gasteiger partial charge is 0.244 e. The summed E-state index contributed by atoms with van der Waals surface area (Å²) < 4.78 is 32.8. The number of hydrogen-bond acceptors (Lipinski definition) is 6. The Balaban J connectivity index is 2.14. The van der Waals surface area contributed by atoms with Gasteiger partial charge in [-0.25, -0.2) is 24.0 Å². The molecule has 1 aromatic rings. The van der Waals surface area contributed by atoms with Crippen LogP contribution in [0.2, 0.25) is 0 Å². The zero-order chi connectivity index (χ0) is 14.6. The van der Waals surface area contributed by atoms with Crippen molar-refractivity contribution in [3.8, 4) is 0 Å². The number of nitrogens with one attached hydrogen (secondary N) is 2. The molecule has 1 aliphatic heterocycles. The van der Waals surface area contributed by atoms with E-state index in [0.717, 1.165) is 12.8 Å². The lowest BCUT2D eigenvalue weighted by molar-refractivity contribution is 0.0585. The molecule has 2 heterocycles. The highest BCUT2D eigenvalue weighted by Gasteiger charge is 2.27. The van der Waals surface area contributed by atoms with Gasteiger partial charge in [-0.05, 0) is 37.8 Å². The fourth-order valence-electron chi connectivity index (χ4n) is 2.34. The van der Waals surface area contributed by atoms with Crippen LogP contribution < -0.4 is 16.0 Å². The normalized spacial score (nSPS) is 18.7. The molecule has 1 aromatic heterocycles. The lowest BCUT2D eigenvalue weighted by Gasteiger charge is -2.28. The van der Waals surface area contributed by atoms with Crippen molar-refractivity contribution in [1.29, 1.82) is 0 Å². The Kier molecular flexibility index (Phi) is 4.92. The van der Waals surface area contributed by atoms with Crippen LogP contribution in [-0.2, 0) is 14.8 Å². The standard InChI is InChI=1S/C12H20N4O3S/c1-9(10-4-7-19-8-5-10)16-20(17,18)11-3-2-6-14-12(11)15-13/h2-3,6,9-10,16H,4-5,7-8,13H2,1H3,(H,14,15). The number of nitrogen functional groups attached to an aromatic ring is 1. The molecular weight excluding hydrogens is 280 g/mol. The Hall–Kier alpha value is -1.22. The summed E-state index contributed by atoms with van der Waals surface area (Å²) in [5.74, 6) is 5.72. The lowest BCUT2D eigenvalue weighted by Crippen LogP contribution is -2.40. The molecule has 0 amide bonds. The molecule has 20 heavy (non-hydrogen) atoms. The van der Waals surface area contributed by atoms with Crippen LogP contribution in [0.15, 0.2) is 23.2 Å². The predicted octanol–water partition coefficient (Wildman–Crippen LogP) is 0.461. The quantitative estimate of drug-likeness (QED) is 0.539. The number of nitrogens with zero attached hydrogens (tertiary/aromatic N) is 1. The highest BCUT2D eigenvalue weighted by atomic mass is 32.2. The number of hydrogen-bond donors (Lipinski definition) is 3. The van der Waals surface area contributed by atoms with E-state index in [1.807, 2.05) is 6.92 Å². The lowest BCUT2D eigenvalue weighted by atomic mass is 9.94. The Labute approximate surface area is 118 Å². The molecule has 0 spiro atoms. The average molecular weight is 300 g/mol. The zero-order valence-electron chi connectivity index (χ0n) is 11.4. The van der Waals surface area contributed by atoms with Crippen molar-refractivity contribution in [2.75, 3.05) is 18.6 Å². The number of aromatic nitrogens is 1. The monoisotopic (exact) mass is 300 g/mol. The van der Waals surface area contributed by atoms with E-state index in [1.165, 1.54) is 12.3 Å². The molecule has 2 rings (SSSR count). The van der Waals surface area contributed by atoms with Crippen LogP contribution in [0.25, 0.3) is 0 Å². The minimum atomic E-state index is -3.65. The second-order valence-corrected chi connectivity index (χ2v) is 6.54. The van der Waals surface area contributed by atoms with E-state index in [0.29, 0.717) is 13.2 Å². The summed E-state index contributed by atoms with van der Waals surface area (Å²) in [7, 11) is -3.65. The van der Waals surface area contributed by atoms with E-state index < -0.39 is 10.0 Å². The molecule has 8 heteroatoms. The summed E-state index contributed by atoms with van der Waals surface area (Å²) in [4.78, 5) is 3.96. The summed E-state index contributed by atoms with van der Waals surface area (Å²) in [5.41, 5.74) is 2.30. The maximum absolute atomic E-state index is 12.4. The number of anilines is 1. The van der Waals surface area contributed by atoms with E-state index in [-0.39, 0.29) is 22.7 Å². The van der Waals surface area contributed by atoms with Gasteiger partial charge >= 0.3 is 0 Å². The van der Waals surface area contributed by atoms with Crippen LogP contribution in [0.4, 0.5) is 5.82 Å². The fraction of sp³-hybridized carbons (Fsp3) is 0.583. The van der Waals surface area contributed by atoms with Crippen molar-refractivity contribution in [1.82, 2.24) is 9.71 Å². The fourth-order valence-corrected chi connectivity index (χ4v) is 3.77. The molecular formula is C12H20N4O3S. The minimum Gasteiger partial charge on any atom is -0.381 e. The van der Waals surface area contributed by atoms with Crippen LogP contribution in [0, 0.1) is 5.92 Å². The maximum Gasteiger partial charge on any atom is 0.244 e. The molecule has 1 saturated heterocycles. The SMILES string of the molecule is CC(NS(=O)(=O)c1cccnc1NN)C1CCOCC1. The van der Waals surface area contributed by atoms with Crippen LogP contribution >= 0.6 is 0 Å². The molecule has 1 fully saturated rings. The molecule has 0 saturated carbocycles. The van der Waals surface area contributed by atoms with Gasteiger partial charge in [0, 0.05) is 25.5 Å². The Morgan fingerprint density at radius 1 is 1.45 bits per heavy atom. The minimum absolute atomic E-state index is 0.0569. The highest BCUT2D eigenvalue weighted by Crippen LogP contribution is 2.22. The first-order valence-electron chi connectivity index (χ1n) is 6.56. The maximum atomic E-state index is 12.4. The first-order valence-corrected chi connectivity index (χ1v) is 8.04. The van der Waals surface area contributed by atoms with E-state index in [1.54, 1.807) is 6.07 Å². The first kappa shape index (κ1) is 15.2. The van der Waals surface area contributed by atoms with E-state index in [4.69, 9.17) is 10.6 Å². The average Bonchev–Trinajstić information content (AvgIpc) is 2.47. The van der Waals surface area contributed by atoms with E-state index in [9.17, 15) is 8.42 Å². The van der Waals surface area contributed by atoms with Crippen molar-refractivity contribution in [2.45, 2.75) is 30.7 Å². The number of sulfonamides is 1. The highest BCUT2D eigenvalue weighted by molar-refractivity contribution is 7.89. The Morgan fingerprint density at radius 2 is 2.15 bits per heavy atom. The van der Waals surface area contributed by atoms with E-state index in [2.05, 4.69) is 15.1 Å². The summed E-state index contributed by atoms with van der Waals surface area (Å²) in [5, 5.41) is 0. The molecule has 0 aromatic carbocycles. The molecule has 0 aliphatic carbocycles. The van der Waals surface area contributed by atoms with Gasteiger partial charge in [-0.2, -0.15) is 0 Å². The molecule has 0 bridgehead atoms. The molecule has 4 N–H and O–H groups in total. The Morgan fingerprint density at radius 3 is 2.80 bits per heavy atom. The summed E-state index contributed by atoms with van der Waals surface area (Å²) in [6.45, 7) is 3.23. The zero-order valence-corrected chi connectivity index (χ0v) is 12.2. The first-order chi connectivity index (χ1) is 9.54. The topological polar surface area (TPSA) is 106 Å². The summed E-state index contributed by atoms with van der Waals surface area (Å²) >= 11 is 0. The second-order valence-electron chi connectivity index (χ2n) is 4.85. The molecule has 1 unspecified atom stereocenters. The van der Waals surface area contributed by atoms with Crippen LogP contribution in [0.1, 0.15) is 19.8 Å². The number of rotatable bonds is 5. The van der Waals surface area contributed by atoms with Gasteiger partial charge < -0.3 is 10.2 Å². The third-order valence-electron chi connectivity index (χ3n) is 3.51. The van der Waals surface area contributed by atoms with Gasteiger partial charge in [-0.15, -0.1) is 0 Å². The van der Waals surface area contributed by atoms with Crippen LogP contribution in [-0.4, -0.2) is 32.7 Å². The van der Waals surface area contributed by atoms with Crippen molar-refractivity contribution < 1.29 is 13.2 Å². The van der Waals surface area contributed by atoms with Crippen molar-refractivity contribution in [3.63, 3.8) is 0 Å². The summed E-state index contributed by atoms with van der Waals surface area (Å²) in [6, 6.07) is 2.88. The third-order valence-corrected chi connectivity index (χ3v) is 5.10. The van der Waals surface area contributed by atoms with Gasteiger partial charge in [-0.1, -0.05) is 0 Å². The van der Waals surface area contributed by atoms with Gasteiger partial charge in [0.05, 0.1) is 0 Å². The molecule has 1 atom stereocenters. The largest absolute Gasteiger partial charge is 0.381 e. The van der Waals surface area contributed by atoms with Gasteiger partial charge in [0.15, 0.2) is 5.82 Å². The van der Waals surface area contributed by atoms with Gasteiger partial charge in [0.1, 0.15) is 4.90 Å². The summed E-state index contributed by atoms with van der Waals surface area (Å²) in [6.07, 6.45) is 3.20. The Bertz CT molecular complexity index is 543. The molecule has 0 radical (unpaired) electrons. The number of ether oxygens (including phenoxy) is 1. The predicted molar refractivity (Wildman–Crippen MR) is 75.4 cm³/mol. The third kappa shape index (κ3) is 3.45. The number of nitrogens with two attached hydrogens (primary N) is 1. The number of pyridine rings is 1. The van der Waals surface area contributed by atoms with Crippen LogP contribution in [0.3, 0.4) is 0 Å². The van der Waals surface area contributed by atoms with Crippen molar-refractivity contribution in [2.24, 2.45) is 11.8 Å². The second kappa shape index (κ2) is 6.49.